The highest BCUT2D eigenvalue weighted by atomic mass is 35.5. The van der Waals surface area contributed by atoms with Crippen LogP contribution in [0.1, 0.15) is 5.56 Å². The Kier molecular flexibility index (Phi) is 7.36. The number of hydrogen-bond acceptors (Lipinski definition) is 6. The molecular weight excluding hydrogens is 468 g/mol. The summed E-state index contributed by atoms with van der Waals surface area (Å²) in [6.07, 6.45) is 0. The molecule has 0 spiro atoms. The summed E-state index contributed by atoms with van der Waals surface area (Å²) in [6, 6.07) is 9.10. The summed E-state index contributed by atoms with van der Waals surface area (Å²) in [5.74, 6) is 0.161. The minimum absolute atomic E-state index is 0.248. The van der Waals surface area contributed by atoms with Crippen LogP contribution in [0.2, 0.25) is 15.1 Å². The van der Waals surface area contributed by atoms with Crippen molar-refractivity contribution < 1.29 is 13.9 Å². The first-order chi connectivity index (χ1) is 13.4. The predicted molar refractivity (Wildman–Crippen MR) is 111 cm³/mol. The van der Waals surface area contributed by atoms with E-state index >= 15 is 0 Å². The second kappa shape index (κ2) is 9.76. The van der Waals surface area contributed by atoms with Gasteiger partial charge in [-0.1, -0.05) is 70.0 Å². The zero-order chi connectivity index (χ0) is 20.1. The standard InChI is InChI=1S/C17H11Cl3FN3O2S2/c18-11-5-13(20)14(6-12(11)19)26-7-15(25)22-16-23-24-17(28-16)27-8-9-1-3-10(21)4-2-9/h1-6H,7-8H2,(H,22,23,25). The number of rotatable bonds is 7. The third-order valence-corrected chi connectivity index (χ3v) is 6.32. The van der Waals surface area contributed by atoms with Crippen molar-refractivity contribution in [3.63, 3.8) is 0 Å². The van der Waals surface area contributed by atoms with Crippen molar-refractivity contribution in [2.75, 3.05) is 11.9 Å². The number of ether oxygens (including phenoxy) is 1. The first-order valence-electron chi connectivity index (χ1n) is 7.68. The van der Waals surface area contributed by atoms with Gasteiger partial charge in [-0.25, -0.2) is 4.39 Å². The maximum atomic E-state index is 12.9. The Bertz CT molecular complexity index is 986. The van der Waals surface area contributed by atoms with E-state index in [0.29, 0.717) is 20.2 Å². The van der Waals surface area contributed by atoms with Gasteiger partial charge in [-0.2, -0.15) is 0 Å². The average Bonchev–Trinajstić information content (AvgIpc) is 3.10. The van der Waals surface area contributed by atoms with Gasteiger partial charge in [0.15, 0.2) is 10.9 Å². The minimum atomic E-state index is -0.423. The van der Waals surface area contributed by atoms with Crippen molar-refractivity contribution in [3.8, 4) is 5.75 Å². The molecule has 5 nitrogen and oxygen atoms in total. The minimum Gasteiger partial charge on any atom is -0.482 e. The Morgan fingerprint density at radius 3 is 2.57 bits per heavy atom. The Hall–Kier alpha value is -1.58. The molecule has 2 aromatic carbocycles. The summed E-state index contributed by atoms with van der Waals surface area (Å²) in [5.41, 5.74) is 0.957. The maximum absolute atomic E-state index is 12.9. The fourth-order valence-corrected chi connectivity index (χ4v) is 4.27. The highest BCUT2D eigenvalue weighted by molar-refractivity contribution is 8.00. The third kappa shape index (κ3) is 5.96. The molecule has 0 atom stereocenters. The summed E-state index contributed by atoms with van der Waals surface area (Å²) in [6.45, 7) is -0.282. The fraction of sp³-hybridized carbons (Fsp3) is 0.118. The molecule has 28 heavy (non-hydrogen) atoms. The summed E-state index contributed by atoms with van der Waals surface area (Å²) >= 11 is 20.4. The van der Waals surface area contributed by atoms with Gasteiger partial charge in [0, 0.05) is 11.8 Å². The molecule has 146 valence electrons. The molecular formula is C17H11Cl3FN3O2S2. The van der Waals surface area contributed by atoms with Gasteiger partial charge in [-0.05, 0) is 23.8 Å². The van der Waals surface area contributed by atoms with Crippen molar-refractivity contribution in [2.24, 2.45) is 0 Å². The van der Waals surface area contributed by atoms with Gasteiger partial charge in [-0.3, -0.25) is 10.1 Å². The number of hydrogen-bond donors (Lipinski definition) is 1. The molecule has 0 radical (unpaired) electrons. The molecule has 0 bridgehead atoms. The number of anilines is 1. The number of aromatic nitrogens is 2. The Morgan fingerprint density at radius 1 is 1.11 bits per heavy atom. The van der Waals surface area contributed by atoms with Gasteiger partial charge in [-0.15, -0.1) is 10.2 Å². The molecule has 0 unspecified atom stereocenters. The van der Waals surface area contributed by atoms with Crippen LogP contribution in [-0.4, -0.2) is 22.7 Å². The Labute approximate surface area is 183 Å². The van der Waals surface area contributed by atoms with Gasteiger partial charge in [0.1, 0.15) is 11.6 Å². The number of nitrogens with one attached hydrogen (secondary N) is 1. The molecule has 0 aliphatic carbocycles. The number of carbonyl (C=O) groups excluding carboxylic acids is 1. The van der Waals surface area contributed by atoms with E-state index in [1.165, 1.54) is 47.4 Å². The highest BCUT2D eigenvalue weighted by Crippen LogP contribution is 2.34. The Morgan fingerprint density at radius 2 is 1.82 bits per heavy atom. The lowest BCUT2D eigenvalue weighted by atomic mass is 10.2. The molecule has 0 saturated heterocycles. The molecule has 0 aliphatic rings. The number of benzene rings is 2. The van der Waals surface area contributed by atoms with Crippen molar-refractivity contribution in [3.05, 3.63) is 62.8 Å². The van der Waals surface area contributed by atoms with Gasteiger partial charge >= 0.3 is 0 Å². The van der Waals surface area contributed by atoms with Crippen LogP contribution in [0.5, 0.6) is 5.75 Å². The van der Waals surface area contributed by atoms with Crippen LogP contribution < -0.4 is 10.1 Å². The normalized spacial score (nSPS) is 10.7. The van der Waals surface area contributed by atoms with E-state index in [9.17, 15) is 9.18 Å². The van der Waals surface area contributed by atoms with Crippen molar-refractivity contribution in [1.29, 1.82) is 0 Å². The zero-order valence-electron chi connectivity index (χ0n) is 13.9. The van der Waals surface area contributed by atoms with E-state index in [1.807, 2.05) is 0 Å². The van der Waals surface area contributed by atoms with Crippen LogP contribution in [0.15, 0.2) is 40.7 Å². The van der Waals surface area contributed by atoms with Gasteiger partial charge in [0.05, 0.1) is 15.1 Å². The Balaban J connectivity index is 1.49. The molecule has 3 aromatic rings. The number of amides is 1. The van der Waals surface area contributed by atoms with E-state index in [0.717, 1.165) is 5.56 Å². The van der Waals surface area contributed by atoms with Crippen molar-refractivity contribution >= 4 is 68.9 Å². The molecule has 1 N–H and O–H groups in total. The maximum Gasteiger partial charge on any atom is 0.264 e. The van der Waals surface area contributed by atoms with E-state index in [1.54, 1.807) is 12.1 Å². The van der Waals surface area contributed by atoms with Gasteiger partial charge < -0.3 is 4.74 Å². The van der Waals surface area contributed by atoms with Crippen LogP contribution in [0.4, 0.5) is 9.52 Å². The summed E-state index contributed by atoms with van der Waals surface area (Å²) in [7, 11) is 0. The number of halogens is 4. The molecule has 0 aliphatic heterocycles. The van der Waals surface area contributed by atoms with Crippen LogP contribution in [0, 0.1) is 5.82 Å². The smallest absolute Gasteiger partial charge is 0.264 e. The lowest BCUT2D eigenvalue weighted by Gasteiger charge is -2.08. The van der Waals surface area contributed by atoms with E-state index in [2.05, 4.69) is 15.5 Å². The molecule has 3 rings (SSSR count). The first kappa shape index (κ1) is 21.1. The summed E-state index contributed by atoms with van der Waals surface area (Å²) in [5, 5.41) is 11.7. The molecule has 1 aromatic heterocycles. The highest BCUT2D eigenvalue weighted by Gasteiger charge is 2.12. The van der Waals surface area contributed by atoms with E-state index in [4.69, 9.17) is 39.5 Å². The van der Waals surface area contributed by atoms with Crippen LogP contribution in [0.25, 0.3) is 0 Å². The molecule has 0 saturated carbocycles. The largest absolute Gasteiger partial charge is 0.482 e. The van der Waals surface area contributed by atoms with Gasteiger partial charge in [0.2, 0.25) is 5.13 Å². The third-order valence-electron chi connectivity index (χ3n) is 3.26. The lowest BCUT2D eigenvalue weighted by molar-refractivity contribution is -0.118. The summed E-state index contributed by atoms with van der Waals surface area (Å²) in [4.78, 5) is 12.0. The lowest BCUT2D eigenvalue weighted by Crippen LogP contribution is -2.20. The number of carbonyl (C=O) groups is 1. The van der Waals surface area contributed by atoms with E-state index in [-0.39, 0.29) is 28.2 Å². The van der Waals surface area contributed by atoms with Crippen molar-refractivity contribution in [1.82, 2.24) is 10.2 Å². The SMILES string of the molecule is O=C(COc1cc(Cl)c(Cl)cc1Cl)Nc1nnc(SCc2ccc(F)cc2)s1. The number of nitrogens with zero attached hydrogens (tertiary/aromatic N) is 2. The molecule has 1 heterocycles. The number of thioether (sulfide) groups is 1. The fourth-order valence-electron chi connectivity index (χ4n) is 1.96. The second-order valence-electron chi connectivity index (χ2n) is 5.32. The molecule has 11 heteroatoms. The first-order valence-corrected chi connectivity index (χ1v) is 10.6. The van der Waals surface area contributed by atoms with Crippen LogP contribution in [0.3, 0.4) is 0 Å². The zero-order valence-corrected chi connectivity index (χ0v) is 17.8. The average molecular weight is 479 g/mol. The molecule has 0 fully saturated rings. The quantitative estimate of drug-likeness (QED) is 0.258. The van der Waals surface area contributed by atoms with Gasteiger partial charge in [0.25, 0.3) is 5.91 Å². The second-order valence-corrected chi connectivity index (χ2v) is 8.74. The van der Waals surface area contributed by atoms with Crippen molar-refractivity contribution in [2.45, 2.75) is 10.1 Å². The predicted octanol–water partition coefficient (Wildman–Crippen LogP) is 5.95. The van der Waals surface area contributed by atoms with Crippen LogP contribution >= 0.6 is 57.9 Å². The topological polar surface area (TPSA) is 64.1 Å². The van der Waals surface area contributed by atoms with Crippen LogP contribution in [-0.2, 0) is 10.5 Å². The molecule has 1 amide bonds. The van der Waals surface area contributed by atoms with E-state index < -0.39 is 5.91 Å². The monoisotopic (exact) mass is 477 g/mol. The summed E-state index contributed by atoms with van der Waals surface area (Å²) < 4.78 is 18.9.